The number of rotatable bonds is 7. The Kier molecular flexibility index (Phi) is 6.06. The van der Waals surface area contributed by atoms with Gasteiger partial charge in [-0.25, -0.2) is 0 Å². The summed E-state index contributed by atoms with van der Waals surface area (Å²) in [5.41, 5.74) is 1.76. The first kappa shape index (κ1) is 14.0. The molecule has 0 atom stereocenters. The van der Waals surface area contributed by atoms with Gasteiger partial charge in [-0.2, -0.15) is 0 Å². The second-order valence-corrected chi connectivity index (χ2v) is 4.42. The van der Waals surface area contributed by atoms with Gasteiger partial charge in [0.25, 0.3) is 0 Å². The lowest BCUT2D eigenvalue weighted by Crippen LogP contribution is -2.02. The van der Waals surface area contributed by atoms with E-state index < -0.39 is 0 Å². The maximum absolute atomic E-state index is 11.8. The molecule has 2 nitrogen and oxygen atoms in total. The molecule has 0 unspecified atom stereocenters. The number of benzene rings is 1. The molecule has 17 heavy (non-hydrogen) atoms. The lowest BCUT2D eigenvalue weighted by molar-refractivity contribution is 0.0982. The van der Waals surface area contributed by atoms with Crippen molar-refractivity contribution in [2.24, 2.45) is 0 Å². The van der Waals surface area contributed by atoms with E-state index in [1.807, 2.05) is 25.1 Å². The second kappa shape index (κ2) is 7.33. The van der Waals surface area contributed by atoms with E-state index >= 15 is 0 Å². The summed E-state index contributed by atoms with van der Waals surface area (Å²) in [6, 6.07) is 5.59. The van der Waals surface area contributed by atoms with Gasteiger partial charge < -0.3 is 4.74 Å². The summed E-state index contributed by atoms with van der Waals surface area (Å²) >= 11 is 5.57. The lowest BCUT2D eigenvalue weighted by atomic mass is 10.0. The Morgan fingerprint density at radius 2 is 2.18 bits per heavy atom. The number of aryl methyl sites for hydroxylation is 1. The van der Waals surface area contributed by atoms with E-state index in [0.717, 1.165) is 29.7 Å². The van der Waals surface area contributed by atoms with Crippen LogP contribution in [-0.2, 0) is 0 Å². The lowest BCUT2D eigenvalue weighted by Gasteiger charge is -2.09. The SMILES string of the molecule is CCCOc1ccc(C(=O)CCCCl)cc1C. The number of hydrogen-bond donors (Lipinski definition) is 0. The molecule has 1 aromatic carbocycles. The monoisotopic (exact) mass is 254 g/mol. The quantitative estimate of drug-likeness (QED) is 0.543. The second-order valence-electron chi connectivity index (χ2n) is 4.04. The van der Waals surface area contributed by atoms with Crippen molar-refractivity contribution < 1.29 is 9.53 Å². The summed E-state index contributed by atoms with van der Waals surface area (Å²) in [7, 11) is 0. The summed E-state index contributed by atoms with van der Waals surface area (Å²) in [6.07, 6.45) is 2.22. The van der Waals surface area contributed by atoms with Gasteiger partial charge in [0.15, 0.2) is 5.78 Å². The smallest absolute Gasteiger partial charge is 0.162 e. The van der Waals surface area contributed by atoms with Crippen molar-refractivity contribution in [3.8, 4) is 5.75 Å². The first-order valence-electron chi connectivity index (χ1n) is 6.01. The standard InChI is InChI=1S/C14H19ClO2/c1-3-9-17-14-7-6-12(10-11(14)2)13(16)5-4-8-15/h6-7,10H,3-5,8-9H2,1-2H3. The Morgan fingerprint density at radius 1 is 1.41 bits per heavy atom. The molecule has 0 aromatic heterocycles. The minimum atomic E-state index is 0.149. The molecule has 3 heteroatoms. The van der Waals surface area contributed by atoms with Gasteiger partial charge in [0.2, 0.25) is 0 Å². The highest BCUT2D eigenvalue weighted by molar-refractivity contribution is 6.18. The molecule has 0 saturated carbocycles. The van der Waals surface area contributed by atoms with Crippen molar-refractivity contribution in [2.45, 2.75) is 33.1 Å². The van der Waals surface area contributed by atoms with Crippen LogP contribution < -0.4 is 4.74 Å². The molecule has 1 aromatic rings. The van der Waals surface area contributed by atoms with E-state index in [4.69, 9.17) is 16.3 Å². The van der Waals surface area contributed by atoms with Crippen LogP contribution in [0.2, 0.25) is 0 Å². The molecule has 0 heterocycles. The summed E-state index contributed by atoms with van der Waals surface area (Å²) in [5, 5.41) is 0. The highest BCUT2D eigenvalue weighted by atomic mass is 35.5. The number of halogens is 1. The topological polar surface area (TPSA) is 26.3 Å². The zero-order valence-corrected chi connectivity index (χ0v) is 11.2. The number of ketones is 1. The van der Waals surface area contributed by atoms with E-state index in [9.17, 15) is 4.79 Å². The van der Waals surface area contributed by atoms with Crippen molar-refractivity contribution in [2.75, 3.05) is 12.5 Å². The van der Waals surface area contributed by atoms with E-state index in [2.05, 4.69) is 6.92 Å². The normalized spacial score (nSPS) is 10.3. The molecule has 0 aliphatic carbocycles. The van der Waals surface area contributed by atoms with Crippen molar-refractivity contribution >= 4 is 17.4 Å². The van der Waals surface area contributed by atoms with Gasteiger partial charge >= 0.3 is 0 Å². The van der Waals surface area contributed by atoms with Crippen LogP contribution in [0.1, 0.15) is 42.1 Å². The highest BCUT2D eigenvalue weighted by Crippen LogP contribution is 2.20. The Hall–Kier alpha value is -1.02. The molecule has 0 bridgehead atoms. The average Bonchev–Trinajstić information content (AvgIpc) is 2.34. The van der Waals surface area contributed by atoms with Crippen LogP contribution in [0.5, 0.6) is 5.75 Å². The molecular weight excluding hydrogens is 236 g/mol. The van der Waals surface area contributed by atoms with Crippen LogP contribution in [0.4, 0.5) is 0 Å². The summed E-state index contributed by atoms with van der Waals surface area (Å²) in [4.78, 5) is 11.8. The van der Waals surface area contributed by atoms with E-state index in [0.29, 0.717) is 18.9 Å². The maximum Gasteiger partial charge on any atom is 0.162 e. The fraction of sp³-hybridized carbons (Fsp3) is 0.500. The predicted molar refractivity (Wildman–Crippen MR) is 71.2 cm³/mol. The van der Waals surface area contributed by atoms with Crippen LogP contribution in [0.25, 0.3) is 0 Å². The number of hydrogen-bond acceptors (Lipinski definition) is 2. The van der Waals surface area contributed by atoms with Crippen molar-refractivity contribution in [1.82, 2.24) is 0 Å². The van der Waals surface area contributed by atoms with Crippen LogP contribution in [0.3, 0.4) is 0 Å². The molecule has 1 rings (SSSR count). The number of carbonyl (C=O) groups excluding carboxylic acids is 1. The number of carbonyl (C=O) groups is 1. The molecule has 0 aliphatic rings. The van der Waals surface area contributed by atoms with E-state index in [1.54, 1.807) is 0 Å². The maximum atomic E-state index is 11.8. The van der Waals surface area contributed by atoms with Gasteiger partial charge in [0.05, 0.1) is 6.61 Å². The summed E-state index contributed by atoms with van der Waals surface area (Å²) < 4.78 is 5.57. The minimum absolute atomic E-state index is 0.149. The molecule has 0 radical (unpaired) electrons. The molecule has 0 amide bonds. The van der Waals surface area contributed by atoms with E-state index in [-0.39, 0.29) is 5.78 Å². The number of alkyl halides is 1. The van der Waals surface area contributed by atoms with Crippen molar-refractivity contribution in [3.05, 3.63) is 29.3 Å². The first-order valence-corrected chi connectivity index (χ1v) is 6.55. The molecule has 0 spiro atoms. The molecule has 0 saturated heterocycles. The van der Waals surface area contributed by atoms with Crippen molar-refractivity contribution in [3.63, 3.8) is 0 Å². The summed E-state index contributed by atoms with van der Waals surface area (Å²) in [6.45, 7) is 4.74. The third-order valence-corrected chi connectivity index (χ3v) is 2.76. The zero-order chi connectivity index (χ0) is 12.7. The van der Waals surface area contributed by atoms with Gasteiger partial charge in [-0.3, -0.25) is 4.79 Å². The molecule has 0 fully saturated rings. The number of ether oxygens (including phenoxy) is 1. The molecule has 0 N–H and O–H groups in total. The van der Waals surface area contributed by atoms with Gasteiger partial charge in [-0.05, 0) is 43.5 Å². The minimum Gasteiger partial charge on any atom is -0.493 e. The highest BCUT2D eigenvalue weighted by Gasteiger charge is 2.08. The fourth-order valence-corrected chi connectivity index (χ4v) is 1.70. The Bertz CT molecular complexity index is 374. The Balaban J connectivity index is 2.70. The predicted octanol–water partition coefficient (Wildman–Crippen LogP) is 3.99. The molecule has 0 aliphatic heterocycles. The average molecular weight is 255 g/mol. The Morgan fingerprint density at radius 3 is 2.76 bits per heavy atom. The Labute approximate surface area is 108 Å². The summed E-state index contributed by atoms with van der Waals surface area (Å²) in [5.74, 6) is 1.54. The third kappa shape index (κ3) is 4.39. The van der Waals surface area contributed by atoms with Crippen molar-refractivity contribution in [1.29, 1.82) is 0 Å². The first-order chi connectivity index (χ1) is 8.19. The van der Waals surface area contributed by atoms with Crippen LogP contribution in [0.15, 0.2) is 18.2 Å². The number of Topliss-reactive ketones (excluding diaryl/α,β-unsaturated/α-hetero) is 1. The zero-order valence-electron chi connectivity index (χ0n) is 10.5. The van der Waals surface area contributed by atoms with Crippen LogP contribution in [0, 0.1) is 6.92 Å². The van der Waals surface area contributed by atoms with E-state index in [1.165, 1.54) is 0 Å². The van der Waals surface area contributed by atoms with Gasteiger partial charge in [0.1, 0.15) is 5.75 Å². The van der Waals surface area contributed by atoms with Gasteiger partial charge in [-0.1, -0.05) is 6.92 Å². The molecular formula is C14H19ClO2. The van der Waals surface area contributed by atoms with Gasteiger partial charge in [-0.15, -0.1) is 11.6 Å². The third-order valence-electron chi connectivity index (χ3n) is 2.50. The molecule has 94 valence electrons. The van der Waals surface area contributed by atoms with Gasteiger partial charge in [0, 0.05) is 17.9 Å². The largest absolute Gasteiger partial charge is 0.493 e. The van der Waals surface area contributed by atoms with Crippen LogP contribution in [-0.4, -0.2) is 18.3 Å². The fourth-order valence-electron chi connectivity index (χ4n) is 1.57. The van der Waals surface area contributed by atoms with Crippen LogP contribution >= 0.6 is 11.6 Å².